The number of anilines is 1. The molecule has 1 saturated heterocycles. The molecule has 1 saturated carbocycles. The number of hydrogen-bond donors (Lipinski definition) is 1. The van der Waals surface area contributed by atoms with Crippen LogP contribution in [0.1, 0.15) is 6.42 Å². The number of ether oxygens (including phenoxy) is 2. The average molecular weight is 264 g/mol. The minimum atomic E-state index is 0.341. The summed E-state index contributed by atoms with van der Waals surface area (Å²) >= 11 is 0. The van der Waals surface area contributed by atoms with Crippen molar-refractivity contribution in [3.63, 3.8) is 0 Å². The second-order valence-electron chi connectivity index (χ2n) is 5.33. The molecule has 2 heterocycles. The van der Waals surface area contributed by atoms with Gasteiger partial charge in [0.1, 0.15) is 0 Å². The molecule has 4 atom stereocenters. The lowest BCUT2D eigenvalue weighted by molar-refractivity contribution is -0.0517. The van der Waals surface area contributed by atoms with E-state index in [-0.39, 0.29) is 0 Å². The Balaban J connectivity index is 1.78. The summed E-state index contributed by atoms with van der Waals surface area (Å²) < 4.78 is 11.0. The quantitative estimate of drug-likeness (QED) is 0.860. The molecule has 2 fully saturated rings. The van der Waals surface area contributed by atoms with Gasteiger partial charge in [0, 0.05) is 24.9 Å². The van der Waals surface area contributed by atoms with Gasteiger partial charge in [0.15, 0.2) is 5.82 Å². The Labute approximate surface area is 113 Å². The van der Waals surface area contributed by atoms with Gasteiger partial charge in [-0.25, -0.2) is 9.97 Å². The van der Waals surface area contributed by atoms with E-state index < -0.39 is 0 Å². The van der Waals surface area contributed by atoms with Crippen molar-refractivity contribution >= 4 is 5.82 Å². The fourth-order valence-electron chi connectivity index (χ4n) is 3.21. The Morgan fingerprint density at radius 1 is 1.37 bits per heavy atom. The van der Waals surface area contributed by atoms with Gasteiger partial charge in [-0.1, -0.05) is 0 Å². The first-order chi connectivity index (χ1) is 9.22. The minimum Gasteiger partial charge on any atom is -0.478 e. The monoisotopic (exact) mass is 264 g/mol. The summed E-state index contributed by atoms with van der Waals surface area (Å²) in [7, 11) is 5.79. The molecule has 0 amide bonds. The fourth-order valence-corrected chi connectivity index (χ4v) is 3.21. The van der Waals surface area contributed by atoms with E-state index in [1.165, 1.54) is 0 Å². The molecule has 6 heteroatoms. The third kappa shape index (κ3) is 2.04. The molecule has 19 heavy (non-hydrogen) atoms. The Hall–Kier alpha value is -1.40. The first-order valence-electron chi connectivity index (χ1n) is 6.62. The van der Waals surface area contributed by atoms with Crippen molar-refractivity contribution < 1.29 is 9.47 Å². The lowest BCUT2D eigenvalue weighted by Gasteiger charge is -2.50. The number of aromatic nitrogens is 2. The van der Waals surface area contributed by atoms with Crippen molar-refractivity contribution in [1.29, 1.82) is 0 Å². The molecule has 1 N–H and O–H groups in total. The van der Waals surface area contributed by atoms with Crippen molar-refractivity contribution in [2.24, 2.45) is 5.92 Å². The van der Waals surface area contributed by atoms with E-state index in [4.69, 9.17) is 9.47 Å². The normalized spacial score (nSPS) is 32.8. The summed E-state index contributed by atoms with van der Waals surface area (Å²) in [5.74, 6) is 1.81. The highest BCUT2D eigenvalue weighted by molar-refractivity contribution is 5.47. The lowest BCUT2D eigenvalue weighted by atomic mass is 9.71. The van der Waals surface area contributed by atoms with Crippen LogP contribution in [0.4, 0.5) is 5.82 Å². The Bertz CT molecular complexity index is 454. The molecular formula is C13H20N4O2. The molecule has 0 unspecified atom stereocenters. The molecule has 2 aliphatic rings. The van der Waals surface area contributed by atoms with Gasteiger partial charge < -0.3 is 19.7 Å². The maximum Gasteiger partial charge on any atom is 0.257 e. The standard InChI is InChI=1S/C13H20N4O2/c1-17(2)10-9(8-4-7-19-11(8)10)16-12-13(18-3)15-6-5-14-12/h5-6,8-11H,4,7H2,1-3H3,(H,14,16)/t8-,9+,10-,11-/m0/s1. The van der Waals surface area contributed by atoms with Gasteiger partial charge in [-0.2, -0.15) is 0 Å². The summed E-state index contributed by atoms with van der Waals surface area (Å²) in [6, 6.07) is 0.715. The highest BCUT2D eigenvalue weighted by atomic mass is 16.5. The SMILES string of the molecule is COc1nccnc1N[C@@H]1[C@@H]2CCO[C@@H]2[C@H]1N(C)C. The molecule has 0 radical (unpaired) electrons. The maximum absolute atomic E-state index is 5.80. The highest BCUT2D eigenvalue weighted by Gasteiger charge is 2.55. The number of rotatable bonds is 4. The van der Waals surface area contributed by atoms with Crippen LogP contribution in [-0.4, -0.2) is 60.9 Å². The van der Waals surface area contributed by atoms with Crippen molar-refractivity contribution in [1.82, 2.24) is 14.9 Å². The number of fused-ring (bicyclic) bond motifs is 1. The van der Waals surface area contributed by atoms with Crippen LogP contribution in [0.2, 0.25) is 0 Å². The average Bonchev–Trinajstić information content (AvgIpc) is 2.79. The van der Waals surface area contributed by atoms with Crippen LogP contribution in [0.5, 0.6) is 5.88 Å². The molecule has 1 aliphatic heterocycles. The first-order valence-corrected chi connectivity index (χ1v) is 6.62. The van der Waals surface area contributed by atoms with Gasteiger partial charge in [-0.15, -0.1) is 0 Å². The molecule has 1 aromatic heterocycles. The van der Waals surface area contributed by atoms with Crippen LogP contribution in [-0.2, 0) is 4.74 Å². The zero-order chi connectivity index (χ0) is 13.4. The smallest absolute Gasteiger partial charge is 0.257 e. The third-order valence-electron chi connectivity index (χ3n) is 4.11. The number of likely N-dealkylation sites (N-methyl/N-ethyl adjacent to an activating group) is 1. The van der Waals surface area contributed by atoms with E-state index in [9.17, 15) is 0 Å². The van der Waals surface area contributed by atoms with Crippen molar-refractivity contribution in [2.75, 3.05) is 33.1 Å². The number of nitrogens with one attached hydrogen (secondary N) is 1. The Morgan fingerprint density at radius 2 is 2.16 bits per heavy atom. The Morgan fingerprint density at radius 3 is 2.89 bits per heavy atom. The molecule has 0 spiro atoms. The van der Waals surface area contributed by atoms with Crippen molar-refractivity contribution in [2.45, 2.75) is 24.6 Å². The zero-order valence-corrected chi connectivity index (χ0v) is 11.5. The first kappa shape index (κ1) is 12.6. The molecule has 3 rings (SSSR count). The van der Waals surface area contributed by atoms with Gasteiger partial charge in [0.25, 0.3) is 5.88 Å². The van der Waals surface area contributed by atoms with E-state index in [1.807, 2.05) is 0 Å². The topological polar surface area (TPSA) is 59.5 Å². The van der Waals surface area contributed by atoms with E-state index in [0.717, 1.165) is 13.0 Å². The molecule has 104 valence electrons. The Kier molecular flexibility index (Phi) is 3.28. The number of methoxy groups -OCH3 is 1. The second kappa shape index (κ2) is 4.94. The van der Waals surface area contributed by atoms with E-state index in [1.54, 1.807) is 19.5 Å². The van der Waals surface area contributed by atoms with E-state index in [2.05, 4.69) is 34.3 Å². The van der Waals surface area contributed by atoms with E-state index in [0.29, 0.717) is 35.8 Å². The summed E-state index contributed by atoms with van der Waals surface area (Å²) in [5.41, 5.74) is 0. The van der Waals surface area contributed by atoms with Crippen LogP contribution in [0.3, 0.4) is 0 Å². The van der Waals surface area contributed by atoms with Crippen LogP contribution >= 0.6 is 0 Å². The zero-order valence-electron chi connectivity index (χ0n) is 11.5. The predicted octanol–water partition coefficient (Wildman–Crippen LogP) is 0.615. The van der Waals surface area contributed by atoms with Crippen LogP contribution in [0, 0.1) is 5.92 Å². The lowest BCUT2D eigenvalue weighted by Crippen LogP contribution is -2.66. The molecule has 0 bridgehead atoms. The van der Waals surface area contributed by atoms with Gasteiger partial charge in [-0.05, 0) is 20.5 Å². The fraction of sp³-hybridized carbons (Fsp3) is 0.692. The van der Waals surface area contributed by atoms with Gasteiger partial charge in [0.05, 0.1) is 25.3 Å². The molecule has 1 aromatic rings. The second-order valence-corrected chi connectivity index (χ2v) is 5.33. The van der Waals surface area contributed by atoms with Crippen LogP contribution in [0.15, 0.2) is 12.4 Å². The maximum atomic E-state index is 5.80. The van der Waals surface area contributed by atoms with Gasteiger partial charge in [0.2, 0.25) is 0 Å². The number of nitrogens with zero attached hydrogens (tertiary/aromatic N) is 3. The largest absolute Gasteiger partial charge is 0.478 e. The van der Waals surface area contributed by atoms with Crippen LogP contribution in [0.25, 0.3) is 0 Å². The van der Waals surface area contributed by atoms with Crippen molar-refractivity contribution in [3.8, 4) is 5.88 Å². The summed E-state index contributed by atoms with van der Waals surface area (Å²) in [5, 5.41) is 3.48. The molecular weight excluding hydrogens is 244 g/mol. The minimum absolute atomic E-state index is 0.341. The summed E-state index contributed by atoms with van der Waals surface area (Å²) in [6.07, 6.45) is 4.76. The van der Waals surface area contributed by atoms with Crippen LogP contribution < -0.4 is 10.1 Å². The van der Waals surface area contributed by atoms with Gasteiger partial charge >= 0.3 is 0 Å². The van der Waals surface area contributed by atoms with Crippen molar-refractivity contribution in [3.05, 3.63) is 12.4 Å². The summed E-state index contributed by atoms with van der Waals surface area (Å²) in [6.45, 7) is 0.857. The molecule has 1 aliphatic carbocycles. The molecule has 6 nitrogen and oxygen atoms in total. The van der Waals surface area contributed by atoms with Gasteiger partial charge in [-0.3, -0.25) is 0 Å². The molecule has 0 aromatic carbocycles. The van der Waals surface area contributed by atoms with E-state index >= 15 is 0 Å². The number of hydrogen-bond acceptors (Lipinski definition) is 6. The summed E-state index contributed by atoms with van der Waals surface area (Å²) in [4.78, 5) is 10.7. The highest BCUT2D eigenvalue weighted by Crippen LogP contribution is 2.43. The predicted molar refractivity (Wildman–Crippen MR) is 71.3 cm³/mol. The third-order valence-corrected chi connectivity index (χ3v) is 4.11.